The van der Waals surface area contributed by atoms with Gasteiger partial charge >= 0.3 is 0 Å². The Hall–Kier alpha value is -3.75. The molecule has 1 fully saturated rings. The highest BCUT2D eigenvalue weighted by atomic mass is 16.6. The minimum Gasteiger partial charge on any atom is -0.491 e. The van der Waals surface area contributed by atoms with Crippen LogP contribution in [0.2, 0.25) is 0 Å². The number of carbonyl (C=O) groups is 3. The molecule has 2 aromatic carbocycles. The normalized spacial score (nSPS) is 22.6. The van der Waals surface area contributed by atoms with E-state index in [9.17, 15) is 24.5 Å². The van der Waals surface area contributed by atoms with Crippen molar-refractivity contribution in [1.29, 1.82) is 0 Å². The molecular weight excluding hydrogens is 366 g/mol. The molecule has 3 aliphatic rings. The number of fused-ring (bicyclic) bond motifs is 4. The summed E-state index contributed by atoms with van der Waals surface area (Å²) in [5.74, 6) is -1.03. The summed E-state index contributed by atoms with van der Waals surface area (Å²) in [6, 6.07) is 8.83. The summed E-state index contributed by atoms with van der Waals surface area (Å²) < 4.78 is 5.63. The topological polar surface area (TPSA) is 110 Å². The van der Waals surface area contributed by atoms with Crippen molar-refractivity contribution in [3.8, 4) is 5.75 Å². The smallest absolute Gasteiger partial charge is 0.270 e. The monoisotopic (exact) mass is 379 g/mol. The Labute approximate surface area is 158 Å². The molecule has 0 aliphatic carbocycles. The number of nitro groups is 1. The highest BCUT2D eigenvalue weighted by Gasteiger charge is 2.58. The minimum atomic E-state index is -1.05. The van der Waals surface area contributed by atoms with Gasteiger partial charge in [0.15, 0.2) is 0 Å². The van der Waals surface area contributed by atoms with Gasteiger partial charge in [0.1, 0.15) is 18.4 Å². The van der Waals surface area contributed by atoms with Crippen LogP contribution in [0.4, 0.5) is 5.69 Å². The van der Waals surface area contributed by atoms with Gasteiger partial charge in [-0.05, 0) is 18.2 Å². The van der Waals surface area contributed by atoms with E-state index in [-0.39, 0.29) is 35.9 Å². The van der Waals surface area contributed by atoms with Gasteiger partial charge in [0.05, 0.1) is 28.6 Å². The first-order valence-corrected chi connectivity index (χ1v) is 8.67. The molecule has 5 rings (SSSR count). The molecule has 0 bridgehead atoms. The molecule has 0 spiro atoms. The fourth-order valence-electron chi connectivity index (χ4n) is 4.10. The number of rotatable bonds is 2. The predicted molar refractivity (Wildman–Crippen MR) is 93.8 cm³/mol. The largest absolute Gasteiger partial charge is 0.491 e. The van der Waals surface area contributed by atoms with E-state index in [4.69, 9.17) is 4.74 Å². The van der Waals surface area contributed by atoms with Crippen molar-refractivity contribution < 1.29 is 24.0 Å². The molecule has 0 N–H and O–H groups in total. The molecule has 2 aromatic rings. The summed E-state index contributed by atoms with van der Waals surface area (Å²) in [5, 5.41) is 11.2. The van der Waals surface area contributed by atoms with Crippen LogP contribution in [0.1, 0.15) is 32.3 Å². The van der Waals surface area contributed by atoms with E-state index in [1.807, 2.05) is 0 Å². The van der Waals surface area contributed by atoms with E-state index >= 15 is 0 Å². The van der Waals surface area contributed by atoms with Crippen molar-refractivity contribution in [3.05, 3.63) is 69.3 Å². The first-order chi connectivity index (χ1) is 13.5. The summed E-state index contributed by atoms with van der Waals surface area (Å²) in [6.45, 7) is 0.494. The molecule has 0 saturated carbocycles. The van der Waals surface area contributed by atoms with Crippen LogP contribution >= 0.6 is 0 Å². The lowest BCUT2D eigenvalue weighted by Crippen LogP contribution is -2.66. The van der Waals surface area contributed by atoms with Gasteiger partial charge in [0.25, 0.3) is 17.5 Å². The number of nitro benzene ring substituents is 1. The molecule has 1 saturated heterocycles. The molecule has 28 heavy (non-hydrogen) atoms. The van der Waals surface area contributed by atoms with Gasteiger partial charge in [-0.1, -0.05) is 12.1 Å². The van der Waals surface area contributed by atoms with Gasteiger partial charge in [-0.3, -0.25) is 29.4 Å². The zero-order chi connectivity index (χ0) is 19.6. The molecule has 9 nitrogen and oxygen atoms in total. The van der Waals surface area contributed by atoms with Crippen LogP contribution in [-0.4, -0.2) is 51.6 Å². The van der Waals surface area contributed by atoms with Crippen molar-refractivity contribution in [2.45, 2.75) is 12.1 Å². The van der Waals surface area contributed by atoms with Crippen molar-refractivity contribution in [2.75, 3.05) is 13.2 Å². The number of amides is 3. The standard InChI is InChI=1S/C19H13N3O6/c23-17-11-3-1-2-4-12(11)18(24)21(17)16-15-13-9-10(22(26)27)5-6-14(13)28-8-7-20(15)19(16)25/h1-6,9,15-16H,7-8H2/t15-,16-/m1/s1. The van der Waals surface area contributed by atoms with Crippen LogP contribution in [0.25, 0.3) is 0 Å². The van der Waals surface area contributed by atoms with Crippen molar-refractivity contribution in [1.82, 2.24) is 9.80 Å². The number of nitrogens with zero attached hydrogens (tertiary/aromatic N) is 3. The zero-order valence-corrected chi connectivity index (χ0v) is 14.4. The average Bonchev–Trinajstić information content (AvgIpc) is 2.85. The first kappa shape index (κ1) is 16.4. The van der Waals surface area contributed by atoms with E-state index < -0.39 is 28.8 Å². The Morgan fingerprint density at radius 2 is 1.68 bits per heavy atom. The molecule has 3 aliphatic heterocycles. The Balaban J connectivity index is 1.60. The predicted octanol–water partition coefficient (Wildman–Crippen LogP) is 1.54. The average molecular weight is 379 g/mol. The number of ether oxygens (including phenoxy) is 1. The van der Waals surface area contributed by atoms with E-state index in [1.165, 1.54) is 23.1 Å². The Bertz CT molecular complexity index is 1050. The number of benzene rings is 2. The zero-order valence-electron chi connectivity index (χ0n) is 14.4. The lowest BCUT2D eigenvalue weighted by atomic mass is 9.86. The van der Waals surface area contributed by atoms with Crippen LogP contribution in [-0.2, 0) is 4.79 Å². The van der Waals surface area contributed by atoms with Gasteiger partial charge in [-0.15, -0.1) is 0 Å². The third-order valence-corrected chi connectivity index (χ3v) is 5.39. The molecule has 0 radical (unpaired) electrons. The molecule has 3 heterocycles. The van der Waals surface area contributed by atoms with Crippen LogP contribution in [0, 0.1) is 10.1 Å². The van der Waals surface area contributed by atoms with E-state index in [0.717, 1.165) is 4.90 Å². The highest BCUT2D eigenvalue weighted by Crippen LogP contribution is 2.46. The number of carbonyl (C=O) groups excluding carboxylic acids is 3. The van der Waals surface area contributed by atoms with Gasteiger partial charge in [0.2, 0.25) is 5.91 Å². The van der Waals surface area contributed by atoms with Crippen molar-refractivity contribution in [3.63, 3.8) is 0 Å². The highest BCUT2D eigenvalue weighted by molar-refractivity contribution is 6.23. The molecule has 140 valence electrons. The van der Waals surface area contributed by atoms with Crippen molar-refractivity contribution in [2.24, 2.45) is 0 Å². The minimum absolute atomic E-state index is 0.148. The molecule has 3 amide bonds. The van der Waals surface area contributed by atoms with E-state index in [1.54, 1.807) is 24.3 Å². The molecule has 9 heteroatoms. The quantitative estimate of drug-likeness (QED) is 0.339. The third kappa shape index (κ3) is 2.04. The van der Waals surface area contributed by atoms with Crippen molar-refractivity contribution >= 4 is 23.4 Å². The SMILES string of the molecule is O=C1[C@H](N2C(=O)c3ccccc3C2=O)[C@H]2c3cc([N+](=O)[O-])ccc3OCCN12. The van der Waals surface area contributed by atoms with Gasteiger partial charge in [-0.2, -0.15) is 0 Å². The fraction of sp³-hybridized carbons (Fsp3) is 0.211. The molecular formula is C19H13N3O6. The number of β-lactam (4-membered cyclic amide) rings is 1. The fourth-order valence-corrected chi connectivity index (χ4v) is 4.10. The summed E-state index contributed by atoms with van der Waals surface area (Å²) in [7, 11) is 0. The molecule has 2 atom stereocenters. The molecule has 0 aromatic heterocycles. The van der Waals surface area contributed by atoms with Gasteiger partial charge in [0, 0.05) is 17.7 Å². The molecule has 0 unspecified atom stereocenters. The third-order valence-electron chi connectivity index (χ3n) is 5.39. The Kier molecular flexibility index (Phi) is 3.30. The van der Waals surface area contributed by atoms with Crippen LogP contribution in [0.5, 0.6) is 5.75 Å². The number of non-ortho nitro benzene ring substituents is 1. The maximum Gasteiger partial charge on any atom is 0.270 e. The van der Waals surface area contributed by atoms with Crippen LogP contribution in [0.3, 0.4) is 0 Å². The summed E-state index contributed by atoms with van der Waals surface area (Å²) >= 11 is 0. The van der Waals surface area contributed by atoms with Gasteiger partial charge < -0.3 is 9.64 Å². The van der Waals surface area contributed by atoms with E-state index in [2.05, 4.69) is 0 Å². The Morgan fingerprint density at radius 1 is 1.00 bits per heavy atom. The van der Waals surface area contributed by atoms with Crippen LogP contribution < -0.4 is 4.74 Å². The Morgan fingerprint density at radius 3 is 2.32 bits per heavy atom. The lowest BCUT2D eigenvalue weighted by Gasteiger charge is -2.48. The number of hydrogen-bond acceptors (Lipinski definition) is 6. The summed E-state index contributed by atoms with van der Waals surface area (Å²) in [4.78, 5) is 51.6. The summed E-state index contributed by atoms with van der Waals surface area (Å²) in [6.07, 6.45) is 0. The summed E-state index contributed by atoms with van der Waals surface area (Å²) in [5.41, 5.74) is 0.781. The van der Waals surface area contributed by atoms with Crippen LogP contribution in [0.15, 0.2) is 42.5 Å². The second-order valence-electron chi connectivity index (χ2n) is 6.77. The van der Waals surface area contributed by atoms with Gasteiger partial charge in [-0.25, -0.2) is 0 Å². The van der Waals surface area contributed by atoms with E-state index in [0.29, 0.717) is 11.3 Å². The maximum atomic E-state index is 12.8. The second-order valence-corrected chi connectivity index (χ2v) is 6.77. The maximum absolute atomic E-state index is 12.8. The number of hydrogen-bond donors (Lipinski definition) is 0. The first-order valence-electron chi connectivity index (χ1n) is 8.67. The lowest BCUT2D eigenvalue weighted by molar-refractivity contribution is -0.385. The second kappa shape index (κ2) is 5.62. The number of imide groups is 1.